The van der Waals surface area contributed by atoms with Crippen LogP contribution < -0.4 is 5.73 Å². The summed E-state index contributed by atoms with van der Waals surface area (Å²) in [5.74, 6) is 0. The summed E-state index contributed by atoms with van der Waals surface area (Å²) in [6.07, 6.45) is 1.14. The first-order valence-corrected chi connectivity index (χ1v) is 6.91. The maximum Gasteiger partial charge on any atom is 0.0393 e. The molecule has 0 heterocycles. The highest BCUT2D eigenvalue weighted by Gasteiger charge is 2.17. The van der Waals surface area contributed by atoms with Gasteiger partial charge >= 0.3 is 0 Å². The van der Waals surface area contributed by atoms with Gasteiger partial charge in [0.2, 0.25) is 0 Å². The molecule has 2 aromatic carbocycles. The van der Waals surface area contributed by atoms with Gasteiger partial charge in [-0.1, -0.05) is 56.7 Å². The van der Waals surface area contributed by atoms with E-state index in [-0.39, 0.29) is 5.41 Å². The number of hydrogen-bond donors (Lipinski definition) is 1. The van der Waals surface area contributed by atoms with Crippen molar-refractivity contribution in [1.29, 1.82) is 0 Å². The van der Waals surface area contributed by atoms with E-state index in [1.807, 2.05) is 12.1 Å². The van der Waals surface area contributed by atoms with Crippen LogP contribution in [0.1, 0.15) is 38.3 Å². The van der Waals surface area contributed by atoms with Crippen molar-refractivity contribution in [3.05, 3.63) is 53.6 Å². The van der Waals surface area contributed by atoms with Crippen molar-refractivity contribution in [3.63, 3.8) is 0 Å². The van der Waals surface area contributed by atoms with Crippen LogP contribution in [0.2, 0.25) is 0 Å². The lowest BCUT2D eigenvalue weighted by molar-refractivity contribution is 0.506. The third-order valence-electron chi connectivity index (χ3n) is 4.07. The second kappa shape index (κ2) is 5.08. The average molecular weight is 253 g/mol. The summed E-state index contributed by atoms with van der Waals surface area (Å²) in [4.78, 5) is 0. The molecule has 0 spiro atoms. The van der Waals surface area contributed by atoms with Gasteiger partial charge in [-0.15, -0.1) is 0 Å². The number of rotatable bonds is 3. The van der Waals surface area contributed by atoms with Crippen molar-refractivity contribution in [1.82, 2.24) is 0 Å². The predicted octanol–water partition coefficient (Wildman–Crippen LogP) is 4.93. The first kappa shape index (κ1) is 13.7. The molecular weight excluding hydrogens is 230 g/mol. The van der Waals surface area contributed by atoms with Crippen LogP contribution in [0.15, 0.2) is 42.5 Å². The van der Waals surface area contributed by atoms with Gasteiger partial charge < -0.3 is 5.73 Å². The topological polar surface area (TPSA) is 26.0 Å². The van der Waals surface area contributed by atoms with E-state index in [9.17, 15) is 0 Å². The third-order valence-corrected chi connectivity index (χ3v) is 4.07. The summed E-state index contributed by atoms with van der Waals surface area (Å²) >= 11 is 0. The van der Waals surface area contributed by atoms with Crippen molar-refractivity contribution in [2.45, 2.75) is 39.5 Å². The molecular formula is C18H23N. The van der Waals surface area contributed by atoms with E-state index in [1.54, 1.807) is 0 Å². The molecule has 0 radical (unpaired) electrons. The van der Waals surface area contributed by atoms with Gasteiger partial charge in [-0.3, -0.25) is 0 Å². The Hall–Kier alpha value is -1.76. The van der Waals surface area contributed by atoms with Gasteiger partial charge in [0.1, 0.15) is 0 Å². The standard InChI is InChI=1S/C18H23N/c1-5-18(3,4)15-9-7-14(8-10-15)16-12-13(2)6-11-17(16)19/h6-12H,5,19H2,1-4H3. The molecule has 19 heavy (non-hydrogen) atoms. The Labute approximate surface area is 116 Å². The van der Waals surface area contributed by atoms with E-state index >= 15 is 0 Å². The Morgan fingerprint density at radius 2 is 1.63 bits per heavy atom. The van der Waals surface area contributed by atoms with Crippen molar-refractivity contribution in [3.8, 4) is 11.1 Å². The molecule has 1 heteroatoms. The molecule has 0 saturated carbocycles. The Kier molecular flexibility index (Phi) is 3.66. The zero-order valence-corrected chi connectivity index (χ0v) is 12.3. The van der Waals surface area contributed by atoms with Gasteiger partial charge in [0.05, 0.1) is 0 Å². The van der Waals surface area contributed by atoms with Crippen LogP contribution in [0.5, 0.6) is 0 Å². The van der Waals surface area contributed by atoms with Crippen LogP contribution in [0, 0.1) is 6.92 Å². The lowest BCUT2D eigenvalue weighted by atomic mass is 9.82. The molecule has 0 unspecified atom stereocenters. The fraction of sp³-hybridized carbons (Fsp3) is 0.333. The number of hydrogen-bond acceptors (Lipinski definition) is 1. The van der Waals surface area contributed by atoms with E-state index in [0.717, 1.165) is 17.7 Å². The van der Waals surface area contributed by atoms with Crippen molar-refractivity contribution < 1.29 is 0 Å². The average Bonchev–Trinajstić information content (AvgIpc) is 2.42. The number of benzene rings is 2. The normalized spacial score (nSPS) is 11.6. The smallest absolute Gasteiger partial charge is 0.0393 e. The number of aryl methyl sites for hydroxylation is 1. The molecule has 2 N–H and O–H groups in total. The van der Waals surface area contributed by atoms with Crippen LogP contribution in [0.3, 0.4) is 0 Å². The Morgan fingerprint density at radius 3 is 2.21 bits per heavy atom. The molecule has 0 saturated heterocycles. The number of nitrogen functional groups attached to an aromatic ring is 1. The Morgan fingerprint density at radius 1 is 1.00 bits per heavy atom. The lowest BCUT2D eigenvalue weighted by Crippen LogP contribution is -2.14. The summed E-state index contributed by atoms with van der Waals surface area (Å²) in [7, 11) is 0. The highest BCUT2D eigenvalue weighted by Crippen LogP contribution is 2.31. The molecule has 2 rings (SSSR count). The fourth-order valence-electron chi connectivity index (χ4n) is 2.23. The van der Waals surface area contributed by atoms with Gasteiger partial charge in [0.15, 0.2) is 0 Å². The maximum atomic E-state index is 6.07. The van der Waals surface area contributed by atoms with E-state index < -0.39 is 0 Å². The first-order valence-electron chi connectivity index (χ1n) is 6.91. The highest BCUT2D eigenvalue weighted by atomic mass is 14.6. The monoisotopic (exact) mass is 253 g/mol. The van der Waals surface area contributed by atoms with Gasteiger partial charge in [-0.25, -0.2) is 0 Å². The van der Waals surface area contributed by atoms with Crippen molar-refractivity contribution in [2.24, 2.45) is 0 Å². The number of nitrogens with two attached hydrogens (primary N) is 1. The van der Waals surface area contributed by atoms with E-state index in [1.165, 1.54) is 16.7 Å². The molecule has 0 aliphatic carbocycles. The minimum Gasteiger partial charge on any atom is -0.398 e. The third kappa shape index (κ3) is 2.81. The second-order valence-electron chi connectivity index (χ2n) is 5.91. The molecule has 1 nitrogen and oxygen atoms in total. The summed E-state index contributed by atoms with van der Waals surface area (Å²) in [6.45, 7) is 8.88. The molecule has 0 atom stereocenters. The SMILES string of the molecule is CCC(C)(C)c1ccc(-c2cc(C)ccc2N)cc1. The minimum atomic E-state index is 0.233. The molecule has 2 aromatic rings. The van der Waals surface area contributed by atoms with Gasteiger partial charge in [-0.05, 0) is 42.0 Å². The van der Waals surface area contributed by atoms with Gasteiger partial charge in [-0.2, -0.15) is 0 Å². The van der Waals surface area contributed by atoms with Crippen LogP contribution in [-0.2, 0) is 5.41 Å². The minimum absolute atomic E-state index is 0.233. The lowest BCUT2D eigenvalue weighted by Gasteiger charge is -2.23. The fourth-order valence-corrected chi connectivity index (χ4v) is 2.23. The van der Waals surface area contributed by atoms with E-state index in [0.29, 0.717) is 0 Å². The van der Waals surface area contributed by atoms with E-state index in [2.05, 4.69) is 58.0 Å². The van der Waals surface area contributed by atoms with Crippen LogP contribution in [-0.4, -0.2) is 0 Å². The van der Waals surface area contributed by atoms with Gasteiger partial charge in [0, 0.05) is 11.3 Å². The largest absolute Gasteiger partial charge is 0.398 e. The van der Waals surface area contributed by atoms with Crippen molar-refractivity contribution in [2.75, 3.05) is 5.73 Å². The second-order valence-corrected chi connectivity index (χ2v) is 5.91. The molecule has 0 bridgehead atoms. The Bertz CT molecular complexity index is 565. The summed E-state index contributed by atoms with van der Waals surface area (Å²) in [5, 5.41) is 0. The summed E-state index contributed by atoms with van der Waals surface area (Å²) < 4.78 is 0. The van der Waals surface area contributed by atoms with Gasteiger partial charge in [0.25, 0.3) is 0 Å². The Balaban J connectivity index is 2.40. The van der Waals surface area contributed by atoms with Crippen LogP contribution in [0.25, 0.3) is 11.1 Å². The highest BCUT2D eigenvalue weighted by molar-refractivity contribution is 5.77. The molecule has 0 aliphatic heterocycles. The summed E-state index contributed by atoms with van der Waals surface area (Å²) in [5.41, 5.74) is 12.1. The predicted molar refractivity (Wildman–Crippen MR) is 84.3 cm³/mol. The maximum absolute atomic E-state index is 6.07. The van der Waals surface area contributed by atoms with E-state index in [4.69, 9.17) is 5.73 Å². The molecule has 0 amide bonds. The summed E-state index contributed by atoms with van der Waals surface area (Å²) in [6, 6.07) is 15.0. The zero-order chi connectivity index (χ0) is 14.0. The van der Waals surface area contributed by atoms with Crippen LogP contribution in [0.4, 0.5) is 5.69 Å². The molecule has 0 fully saturated rings. The molecule has 0 aromatic heterocycles. The van der Waals surface area contributed by atoms with Crippen LogP contribution >= 0.6 is 0 Å². The quantitative estimate of drug-likeness (QED) is 0.771. The number of anilines is 1. The van der Waals surface area contributed by atoms with Crippen molar-refractivity contribution >= 4 is 5.69 Å². The zero-order valence-electron chi connectivity index (χ0n) is 12.3. The molecule has 0 aliphatic rings. The first-order chi connectivity index (χ1) is 8.94. The molecule has 100 valence electrons.